The number of nitrogens with zero attached hydrogens (tertiary/aromatic N) is 3. The van der Waals surface area contributed by atoms with Gasteiger partial charge in [0.2, 0.25) is 0 Å². The Morgan fingerprint density at radius 1 is 1.38 bits per heavy atom. The monoisotopic (exact) mass is 305 g/mol. The second kappa shape index (κ2) is 5.40. The van der Waals surface area contributed by atoms with Crippen molar-refractivity contribution in [3.05, 3.63) is 40.3 Å². The lowest BCUT2D eigenvalue weighted by Gasteiger charge is -2.07. The average Bonchev–Trinajstić information content (AvgIpc) is 3.27. The Morgan fingerprint density at radius 3 is 2.76 bits per heavy atom. The molecular formula is C14H15N3O3S. The Labute approximate surface area is 125 Å². The zero-order valence-electron chi connectivity index (χ0n) is 11.8. The topological polar surface area (TPSA) is 66.1 Å². The van der Waals surface area contributed by atoms with Crippen LogP contribution in [0, 0.1) is 0 Å². The molecule has 0 amide bonds. The predicted octanol–water partition coefficient (Wildman–Crippen LogP) is 1.85. The third-order valence-corrected chi connectivity index (χ3v) is 4.37. The SMILES string of the molecule is COC(=O)c1ccccc1Sc1nn(C)c(=O)n1C1CC1. The van der Waals surface area contributed by atoms with Crippen LogP contribution in [0.1, 0.15) is 29.2 Å². The van der Waals surface area contributed by atoms with Gasteiger partial charge >= 0.3 is 11.7 Å². The molecule has 110 valence electrons. The highest BCUT2D eigenvalue weighted by Crippen LogP contribution is 2.38. The molecule has 2 aromatic rings. The Hall–Kier alpha value is -2.02. The molecule has 0 atom stereocenters. The number of carbonyl (C=O) groups excluding carboxylic acids is 1. The molecule has 7 heteroatoms. The smallest absolute Gasteiger partial charge is 0.346 e. The number of ether oxygens (including phenoxy) is 1. The van der Waals surface area contributed by atoms with Gasteiger partial charge in [0.15, 0.2) is 5.16 Å². The molecule has 1 aliphatic rings. The molecule has 1 aromatic carbocycles. The van der Waals surface area contributed by atoms with E-state index in [0.29, 0.717) is 10.7 Å². The van der Waals surface area contributed by atoms with Crippen LogP contribution in [0.25, 0.3) is 0 Å². The number of esters is 1. The maximum Gasteiger partial charge on any atom is 0.346 e. The first-order valence-electron chi connectivity index (χ1n) is 6.62. The summed E-state index contributed by atoms with van der Waals surface area (Å²) in [6.45, 7) is 0. The van der Waals surface area contributed by atoms with Crippen molar-refractivity contribution in [3.8, 4) is 0 Å². The van der Waals surface area contributed by atoms with Gasteiger partial charge in [-0.15, -0.1) is 5.10 Å². The summed E-state index contributed by atoms with van der Waals surface area (Å²) in [6, 6.07) is 7.39. The van der Waals surface area contributed by atoms with Crippen molar-refractivity contribution in [3.63, 3.8) is 0 Å². The van der Waals surface area contributed by atoms with E-state index < -0.39 is 5.97 Å². The molecule has 0 unspecified atom stereocenters. The lowest BCUT2D eigenvalue weighted by Crippen LogP contribution is -2.22. The summed E-state index contributed by atoms with van der Waals surface area (Å²) < 4.78 is 7.83. The molecule has 0 N–H and O–H groups in total. The van der Waals surface area contributed by atoms with Gasteiger partial charge in [-0.05, 0) is 36.7 Å². The van der Waals surface area contributed by atoms with E-state index >= 15 is 0 Å². The Balaban J connectivity index is 2.00. The molecule has 1 aromatic heterocycles. The molecule has 21 heavy (non-hydrogen) atoms. The van der Waals surface area contributed by atoms with E-state index in [1.54, 1.807) is 23.7 Å². The Bertz CT molecular complexity index is 746. The minimum Gasteiger partial charge on any atom is -0.465 e. The Kier molecular flexibility index (Phi) is 3.59. The van der Waals surface area contributed by atoms with Crippen LogP contribution >= 0.6 is 11.8 Å². The average molecular weight is 305 g/mol. The first-order chi connectivity index (χ1) is 10.1. The van der Waals surface area contributed by atoms with E-state index in [0.717, 1.165) is 17.7 Å². The summed E-state index contributed by atoms with van der Waals surface area (Å²) in [7, 11) is 2.99. The third kappa shape index (κ3) is 2.61. The minimum atomic E-state index is -0.394. The van der Waals surface area contributed by atoms with Crippen molar-refractivity contribution >= 4 is 17.7 Å². The molecule has 1 heterocycles. The zero-order chi connectivity index (χ0) is 15.0. The number of hydrogen-bond acceptors (Lipinski definition) is 5. The van der Waals surface area contributed by atoms with Crippen LogP contribution in [0.15, 0.2) is 39.1 Å². The van der Waals surface area contributed by atoms with Crippen LogP contribution < -0.4 is 5.69 Å². The minimum absolute atomic E-state index is 0.115. The number of hydrogen-bond donors (Lipinski definition) is 0. The molecule has 3 rings (SSSR count). The van der Waals surface area contributed by atoms with Crippen molar-refractivity contribution < 1.29 is 9.53 Å². The fraction of sp³-hybridized carbons (Fsp3) is 0.357. The largest absolute Gasteiger partial charge is 0.465 e. The second-order valence-corrected chi connectivity index (χ2v) is 5.89. The number of benzene rings is 1. The molecular weight excluding hydrogens is 290 g/mol. The van der Waals surface area contributed by atoms with Gasteiger partial charge in [0.05, 0.1) is 12.7 Å². The predicted molar refractivity (Wildman–Crippen MR) is 77.6 cm³/mol. The van der Waals surface area contributed by atoms with Gasteiger partial charge < -0.3 is 4.74 Å². The van der Waals surface area contributed by atoms with Gasteiger partial charge in [-0.1, -0.05) is 12.1 Å². The molecule has 0 spiro atoms. The highest BCUT2D eigenvalue weighted by atomic mass is 32.2. The number of methoxy groups -OCH3 is 1. The number of carbonyl (C=O) groups is 1. The molecule has 1 saturated carbocycles. The van der Waals surface area contributed by atoms with Crippen LogP contribution in [0.5, 0.6) is 0 Å². The van der Waals surface area contributed by atoms with Gasteiger partial charge in [0.1, 0.15) is 0 Å². The van der Waals surface area contributed by atoms with E-state index in [2.05, 4.69) is 5.10 Å². The molecule has 1 fully saturated rings. The highest BCUT2D eigenvalue weighted by Gasteiger charge is 2.30. The second-order valence-electron chi connectivity index (χ2n) is 4.88. The van der Waals surface area contributed by atoms with Gasteiger partial charge in [-0.25, -0.2) is 14.3 Å². The molecule has 1 aliphatic carbocycles. The van der Waals surface area contributed by atoms with E-state index in [-0.39, 0.29) is 11.7 Å². The van der Waals surface area contributed by atoms with E-state index in [1.165, 1.54) is 23.6 Å². The summed E-state index contributed by atoms with van der Waals surface area (Å²) in [5.74, 6) is -0.394. The lowest BCUT2D eigenvalue weighted by molar-refractivity contribution is 0.0597. The van der Waals surface area contributed by atoms with E-state index in [9.17, 15) is 9.59 Å². The molecule has 0 bridgehead atoms. The number of aromatic nitrogens is 3. The van der Waals surface area contributed by atoms with Crippen LogP contribution in [0.3, 0.4) is 0 Å². The standard InChI is InChI=1S/C14H15N3O3S/c1-16-14(19)17(9-7-8-9)13(15-16)21-11-6-4-3-5-10(11)12(18)20-2/h3-6,9H,7-8H2,1-2H3. The van der Waals surface area contributed by atoms with Crippen molar-refractivity contribution in [1.29, 1.82) is 0 Å². The lowest BCUT2D eigenvalue weighted by atomic mass is 10.2. The summed E-state index contributed by atoms with van der Waals surface area (Å²) in [6.07, 6.45) is 2.00. The van der Waals surface area contributed by atoms with E-state index in [1.807, 2.05) is 12.1 Å². The fourth-order valence-corrected chi connectivity index (χ4v) is 3.20. The molecule has 0 saturated heterocycles. The summed E-state index contributed by atoms with van der Waals surface area (Å²) in [5.41, 5.74) is 0.362. The quantitative estimate of drug-likeness (QED) is 0.807. The van der Waals surface area contributed by atoms with Crippen molar-refractivity contribution in [2.75, 3.05) is 7.11 Å². The van der Waals surface area contributed by atoms with Gasteiger partial charge in [0.25, 0.3) is 0 Å². The van der Waals surface area contributed by atoms with Gasteiger partial charge in [-0.2, -0.15) is 0 Å². The van der Waals surface area contributed by atoms with Crippen LogP contribution in [0.4, 0.5) is 0 Å². The van der Waals surface area contributed by atoms with Crippen LogP contribution in [0.2, 0.25) is 0 Å². The number of aryl methyl sites for hydroxylation is 1. The van der Waals surface area contributed by atoms with Gasteiger partial charge in [-0.3, -0.25) is 4.57 Å². The number of rotatable bonds is 4. The molecule has 0 aliphatic heterocycles. The van der Waals surface area contributed by atoms with Crippen molar-refractivity contribution in [2.45, 2.75) is 28.9 Å². The maximum atomic E-state index is 12.1. The van der Waals surface area contributed by atoms with Crippen molar-refractivity contribution in [2.24, 2.45) is 7.05 Å². The summed E-state index contributed by atoms with van der Waals surface area (Å²) in [5, 5.41) is 4.88. The summed E-state index contributed by atoms with van der Waals surface area (Å²) in [4.78, 5) is 24.6. The fourth-order valence-electron chi connectivity index (χ4n) is 2.10. The van der Waals surface area contributed by atoms with Crippen LogP contribution in [-0.2, 0) is 11.8 Å². The van der Waals surface area contributed by atoms with E-state index in [4.69, 9.17) is 4.74 Å². The third-order valence-electron chi connectivity index (χ3n) is 3.33. The normalized spacial score (nSPS) is 14.2. The molecule has 6 nitrogen and oxygen atoms in total. The first-order valence-corrected chi connectivity index (χ1v) is 7.44. The van der Waals surface area contributed by atoms with Crippen LogP contribution in [-0.4, -0.2) is 27.4 Å². The van der Waals surface area contributed by atoms with Crippen molar-refractivity contribution in [1.82, 2.24) is 14.3 Å². The maximum absolute atomic E-state index is 12.1. The van der Waals surface area contributed by atoms with Gasteiger partial charge in [0, 0.05) is 18.0 Å². The molecule has 0 radical (unpaired) electrons. The summed E-state index contributed by atoms with van der Waals surface area (Å²) >= 11 is 1.32. The zero-order valence-corrected chi connectivity index (χ0v) is 12.6. The Morgan fingerprint density at radius 2 is 2.10 bits per heavy atom. The highest BCUT2D eigenvalue weighted by molar-refractivity contribution is 7.99. The first kappa shape index (κ1) is 13.9.